The first kappa shape index (κ1) is 46.9. The fraction of sp³-hybridized carbons (Fsp3) is 0.700. The van der Waals surface area contributed by atoms with Crippen molar-refractivity contribution in [2.75, 3.05) is 14.2 Å². The Morgan fingerprint density at radius 3 is 2.38 bits per heavy atom. The second-order valence-electron chi connectivity index (χ2n) is 16.0. The van der Waals surface area contributed by atoms with Gasteiger partial charge in [0.05, 0.1) is 30.5 Å². The number of aryl methyl sites for hydroxylation is 1. The number of amides is 1. The molecule has 11 unspecified atom stereocenters. The van der Waals surface area contributed by atoms with Gasteiger partial charge in [-0.3, -0.25) is 9.32 Å². The molecule has 0 aliphatic carbocycles. The Labute approximate surface area is 326 Å². The molecule has 1 amide bonds. The molecule has 3 heterocycles. The molecule has 1 spiro atoms. The van der Waals surface area contributed by atoms with Crippen LogP contribution in [0.15, 0.2) is 51.7 Å². The molecule has 6 N–H and O–H groups in total. The topological polar surface area (TPSA) is 213 Å². The number of phosphoric ester groups is 1. The number of aliphatic hydroxyl groups excluding tert-OH is 2. The summed E-state index contributed by atoms with van der Waals surface area (Å²) in [5, 5.41) is 22.9. The van der Waals surface area contributed by atoms with E-state index in [0.717, 1.165) is 23.1 Å². The van der Waals surface area contributed by atoms with Crippen molar-refractivity contribution < 1.29 is 57.2 Å². The number of phosphoric acid groups is 1. The lowest BCUT2D eigenvalue weighted by Crippen LogP contribution is -2.58. The summed E-state index contributed by atoms with van der Waals surface area (Å²) in [6, 6.07) is 0. The first-order chi connectivity index (χ1) is 25.5. The van der Waals surface area contributed by atoms with E-state index in [1.165, 1.54) is 13.2 Å². The smallest absolute Gasteiger partial charge is 0.449 e. The molecule has 55 heavy (non-hydrogen) atoms. The van der Waals surface area contributed by atoms with Crippen molar-refractivity contribution in [1.82, 2.24) is 4.98 Å². The van der Waals surface area contributed by atoms with E-state index >= 15 is 0 Å². The van der Waals surface area contributed by atoms with Crippen LogP contribution < -0.4 is 5.73 Å². The lowest BCUT2D eigenvalue weighted by molar-refractivity contribution is -0.336. The highest BCUT2D eigenvalue weighted by molar-refractivity contribution is 7.46. The fourth-order valence-electron chi connectivity index (χ4n) is 7.73. The minimum atomic E-state index is -5.06. The van der Waals surface area contributed by atoms with E-state index in [1.807, 2.05) is 52.8 Å². The Balaban J connectivity index is 1.83. The summed E-state index contributed by atoms with van der Waals surface area (Å²) >= 11 is 0. The SMILES string of the molecule is COC1CC2(OC(C/C=C/c3coc(C)n3)C1C)OC(C(CC(O)C(C)C(O)C(C)/C=C(C)/C(C)=C/CC/C(C)=C/C(N)=O)OC)C(OP(=O)(O)O)C2(C)C. The number of nitrogens with zero attached hydrogens (tertiary/aromatic N) is 1. The number of aliphatic hydroxyl groups is 2. The third kappa shape index (κ3) is 12.3. The molecule has 14 nitrogen and oxygen atoms in total. The second kappa shape index (κ2) is 19.8. The van der Waals surface area contributed by atoms with Crippen molar-refractivity contribution in [1.29, 1.82) is 0 Å². The fourth-order valence-corrected chi connectivity index (χ4v) is 8.41. The standard InChI is InChI=1S/C40H65N2O12P/c1-23(18-35(41)44)14-12-15-24(2)25(3)19-26(4)36(45)27(5)31(43)20-33(49-10)37-38(54-55(46,47)48)39(8,9)40(53-37)21-34(50-11)28(6)32(52-40)17-13-16-30-22-51-29(7)42-30/h13,15-16,18-19,22,26-28,31-34,36-38,43,45H,12,14,17,20-21H2,1-11H3,(H2,41,44)(H2,46,47,48)/b16-13+,23-18+,24-15+,25-19+. The van der Waals surface area contributed by atoms with E-state index in [2.05, 4.69) is 11.1 Å². The molecule has 11 atom stereocenters. The van der Waals surface area contributed by atoms with Crippen LogP contribution in [-0.2, 0) is 32.8 Å². The zero-order valence-corrected chi connectivity index (χ0v) is 35.2. The van der Waals surface area contributed by atoms with Gasteiger partial charge in [-0.15, -0.1) is 0 Å². The molecule has 3 rings (SSSR count). The Morgan fingerprint density at radius 1 is 1.15 bits per heavy atom. The predicted octanol–water partition coefficient (Wildman–Crippen LogP) is 5.93. The number of aromatic nitrogens is 1. The van der Waals surface area contributed by atoms with Gasteiger partial charge in [0.15, 0.2) is 11.7 Å². The number of carbonyl (C=O) groups is 1. The first-order valence-electron chi connectivity index (χ1n) is 19.0. The van der Waals surface area contributed by atoms with Gasteiger partial charge in [0.2, 0.25) is 5.91 Å². The van der Waals surface area contributed by atoms with Crippen LogP contribution in [0.1, 0.15) is 99.1 Å². The van der Waals surface area contributed by atoms with Crippen LogP contribution in [-0.4, -0.2) is 93.6 Å². The van der Waals surface area contributed by atoms with Crippen LogP contribution in [0.25, 0.3) is 6.08 Å². The Kier molecular flexibility index (Phi) is 16.9. The molecular weight excluding hydrogens is 731 g/mol. The van der Waals surface area contributed by atoms with Gasteiger partial charge in [0.25, 0.3) is 0 Å². The normalized spacial score (nSPS) is 29.4. The maximum Gasteiger partial charge on any atom is 0.469 e. The van der Waals surface area contributed by atoms with E-state index in [-0.39, 0.29) is 30.8 Å². The highest BCUT2D eigenvalue weighted by Crippen LogP contribution is 2.59. The van der Waals surface area contributed by atoms with E-state index in [0.29, 0.717) is 24.4 Å². The van der Waals surface area contributed by atoms with Crippen molar-refractivity contribution in [3.8, 4) is 0 Å². The van der Waals surface area contributed by atoms with E-state index in [9.17, 15) is 29.4 Å². The summed E-state index contributed by atoms with van der Waals surface area (Å²) in [4.78, 5) is 35.6. The first-order valence-corrected chi connectivity index (χ1v) is 20.5. The highest BCUT2D eigenvalue weighted by atomic mass is 31.2. The number of oxazole rings is 1. The van der Waals surface area contributed by atoms with Crippen LogP contribution in [0.2, 0.25) is 0 Å². The molecule has 0 aromatic carbocycles. The van der Waals surface area contributed by atoms with Crippen LogP contribution in [0.5, 0.6) is 0 Å². The predicted molar refractivity (Wildman–Crippen MR) is 208 cm³/mol. The van der Waals surface area contributed by atoms with Crippen molar-refractivity contribution in [3.05, 3.63) is 58.9 Å². The minimum absolute atomic E-state index is 0.0352. The minimum Gasteiger partial charge on any atom is -0.449 e. The van der Waals surface area contributed by atoms with Gasteiger partial charge < -0.3 is 49.1 Å². The van der Waals surface area contributed by atoms with Crippen molar-refractivity contribution in [2.45, 2.75) is 143 Å². The summed E-state index contributed by atoms with van der Waals surface area (Å²) in [6.07, 6.45) is 6.85. The summed E-state index contributed by atoms with van der Waals surface area (Å²) in [5.41, 5.74) is 7.66. The van der Waals surface area contributed by atoms with Gasteiger partial charge >= 0.3 is 7.82 Å². The maximum atomic E-state index is 12.5. The van der Waals surface area contributed by atoms with Crippen LogP contribution >= 0.6 is 7.82 Å². The molecule has 2 saturated heterocycles. The van der Waals surface area contributed by atoms with E-state index < -0.39 is 67.5 Å². The van der Waals surface area contributed by atoms with Crippen LogP contribution in [0.4, 0.5) is 0 Å². The summed E-state index contributed by atoms with van der Waals surface area (Å²) in [6.45, 7) is 16.8. The second-order valence-corrected chi connectivity index (χ2v) is 17.1. The number of ether oxygens (including phenoxy) is 4. The molecule has 1 aromatic rings. The van der Waals surface area contributed by atoms with E-state index in [4.69, 9.17) is 33.6 Å². The third-order valence-electron chi connectivity index (χ3n) is 11.5. The number of allylic oxidation sites excluding steroid dienone is 4. The average Bonchev–Trinajstić information content (AvgIpc) is 3.59. The molecule has 312 valence electrons. The zero-order chi connectivity index (χ0) is 41.5. The lowest BCUT2D eigenvalue weighted by Gasteiger charge is -2.50. The molecule has 2 fully saturated rings. The number of methoxy groups -OCH3 is 2. The molecule has 2 aliphatic rings. The van der Waals surface area contributed by atoms with Crippen LogP contribution in [0.3, 0.4) is 0 Å². The number of nitrogens with two attached hydrogens (primary N) is 1. The largest absolute Gasteiger partial charge is 0.469 e. The van der Waals surface area contributed by atoms with Crippen LogP contribution in [0, 0.1) is 30.1 Å². The summed E-state index contributed by atoms with van der Waals surface area (Å²) in [5.74, 6) is -2.37. The molecule has 1 aromatic heterocycles. The Hall–Kier alpha value is -2.49. The maximum absolute atomic E-state index is 12.5. The summed E-state index contributed by atoms with van der Waals surface area (Å²) < 4.78 is 48.7. The molecule has 0 radical (unpaired) electrons. The highest BCUT2D eigenvalue weighted by Gasteiger charge is 2.68. The Bertz CT molecular complexity index is 1600. The number of hydrogen-bond acceptors (Lipinski definition) is 11. The van der Waals surface area contributed by atoms with Crippen molar-refractivity contribution >= 4 is 19.8 Å². The number of carbonyl (C=O) groups excluding carboxylic acids is 1. The monoisotopic (exact) mass is 796 g/mol. The lowest BCUT2D eigenvalue weighted by atomic mass is 9.72. The van der Waals surface area contributed by atoms with Gasteiger partial charge in [0, 0.05) is 63.2 Å². The third-order valence-corrected chi connectivity index (χ3v) is 12.0. The Morgan fingerprint density at radius 2 is 1.82 bits per heavy atom. The molecular formula is C40H65N2O12P. The molecule has 15 heteroatoms. The van der Waals surface area contributed by atoms with Gasteiger partial charge in [-0.25, -0.2) is 9.55 Å². The quantitative estimate of drug-likeness (QED) is 0.0625. The zero-order valence-electron chi connectivity index (χ0n) is 34.3. The molecule has 0 saturated carbocycles. The van der Waals surface area contributed by atoms with Gasteiger partial charge in [0.1, 0.15) is 24.2 Å². The number of hydrogen-bond donors (Lipinski definition) is 5. The van der Waals surface area contributed by atoms with Crippen molar-refractivity contribution in [3.63, 3.8) is 0 Å². The molecule has 0 bridgehead atoms. The van der Waals surface area contributed by atoms with Gasteiger partial charge in [-0.05, 0) is 46.1 Å². The van der Waals surface area contributed by atoms with Crippen molar-refractivity contribution in [2.24, 2.45) is 28.9 Å². The molecule has 2 aliphatic heterocycles. The number of rotatable bonds is 19. The van der Waals surface area contributed by atoms with Gasteiger partial charge in [-0.2, -0.15) is 0 Å². The number of primary amides is 1. The summed E-state index contributed by atoms with van der Waals surface area (Å²) in [7, 11) is -2.01. The van der Waals surface area contributed by atoms with Gasteiger partial charge in [-0.1, -0.05) is 69.6 Å². The van der Waals surface area contributed by atoms with E-state index in [1.54, 1.807) is 41.1 Å². The average molecular weight is 797 g/mol.